The van der Waals surface area contributed by atoms with Crippen LogP contribution in [-0.2, 0) is 14.2 Å². The molecular formula is C18H26O9. The lowest BCUT2D eigenvalue weighted by Crippen LogP contribution is -2.14. The maximum Gasteiger partial charge on any atom is 0.339 e. The number of benzene rings is 1. The third-order valence-corrected chi connectivity index (χ3v) is 3.34. The van der Waals surface area contributed by atoms with Crippen molar-refractivity contribution in [3.8, 4) is 11.5 Å². The zero-order valence-corrected chi connectivity index (χ0v) is 15.6. The Hall–Kier alpha value is -2.36. The van der Waals surface area contributed by atoms with Crippen molar-refractivity contribution in [1.29, 1.82) is 0 Å². The van der Waals surface area contributed by atoms with E-state index in [9.17, 15) is 14.7 Å². The minimum Gasteiger partial charge on any atom is -0.496 e. The summed E-state index contributed by atoms with van der Waals surface area (Å²) in [4.78, 5) is 22.5. The molecule has 0 fully saturated rings. The Morgan fingerprint density at radius 3 is 1.74 bits per heavy atom. The monoisotopic (exact) mass is 386 g/mol. The fourth-order valence-electron chi connectivity index (χ4n) is 2.08. The van der Waals surface area contributed by atoms with Gasteiger partial charge in [0, 0.05) is 12.7 Å². The molecule has 0 unspecified atom stereocenters. The van der Waals surface area contributed by atoms with Crippen LogP contribution in [-0.4, -0.2) is 75.5 Å². The molecule has 1 rings (SSSR count). The van der Waals surface area contributed by atoms with Crippen molar-refractivity contribution in [2.75, 3.05) is 53.4 Å². The quantitative estimate of drug-likeness (QED) is 0.435. The molecule has 0 heterocycles. The minimum atomic E-state index is -1.30. The van der Waals surface area contributed by atoms with E-state index < -0.39 is 11.9 Å². The Balaban J connectivity index is 2.39. The number of methoxy groups -OCH3 is 1. The van der Waals surface area contributed by atoms with E-state index in [-0.39, 0.29) is 35.8 Å². The molecule has 9 nitrogen and oxygen atoms in total. The van der Waals surface area contributed by atoms with Gasteiger partial charge < -0.3 is 33.9 Å². The summed E-state index contributed by atoms with van der Waals surface area (Å²) in [5.74, 6) is -2.56. The molecule has 9 heteroatoms. The van der Waals surface area contributed by atoms with Crippen LogP contribution in [0.3, 0.4) is 0 Å². The molecule has 0 aliphatic carbocycles. The van der Waals surface area contributed by atoms with E-state index in [2.05, 4.69) is 0 Å². The maximum absolute atomic E-state index is 11.3. The number of carbonyl (C=O) groups is 2. The normalized spacial score (nSPS) is 10.6. The molecule has 0 aliphatic heterocycles. The van der Waals surface area contributed by atoms with Crippen LogP contribution in [0.15, 0.2) is 12.1 Å². The highest BCUT2D eigenvalue weighted by Gasteiger charge is 2.20. The van der Waals surface area contributed by atoms with Crippen LogP contribution in [0.1, 0.15) is 34.1 Å². The maximum atomic E-state index is 11.3. The van der Waals surface area contributed by atoms with Gasteiger partial charge in [-0.3, -0.25) is 0 Å². The van der Waals surface area contributed by atoms with Gasteiger partial charge in [0.1, 0.15) is 29.2 Å². The van der Waals surface area contributed by atoms with Gasteiger partial charge in [-0.25, -0.2) is 9.59 Å². The van der Waals surface area contributed by atoms with Gasteiger partial charge in [0.15, 0.2) is 0 Å². The summed E-state index contributed by atoms with van der Waals surface area (Å²) in [5, 5.41) is 18.4. The first-order chi connectivity index (χ1) is 13.0. The van der Waals surface area contributed by atoms with Crippen molar-refractivity contribution in [2.45, 2.75) is 13.3 Å². The second kappa shape index (κ2) is 12.9. The second-order valence-corrected chi connectivity index (χ2v) is 5.34. The largest absolute Gasteiger partial charge is 0.496 e. The summed E-state index contributed by atoms with van der Waals surface area (Å²) in [6, 6.07) is 2.25. The first kappa shape index (κ1) is 22.7. The van der Waals surface area contributed by atoms with Crippen LogP contribution in [0.25, 0.3) is 0 Å². The Morgan fingerprint density at radius 2 is 1.26 bits per heavy atom. The molecule has 0 saturated carbocycles. The van der Waals surface area contributed by atoms with Crippen molar-refractivity contribution in [1.82, 2.24) is 0 Å². The Bertz CT molecular complexity index is 601. The number of aromatic carboxylic acids is 2. The molecule has 1 aromatic rings. The smallest absolute Gasteiger partial charge is 0.339 e. The van der Waals surface area contributed by atoms with Gasteiger partial charge in [0.25, 0.3) is 0 Å². The van der Waals surface area contributed by atoms with Crippen LogP contribution < -0.4 is 9.47 Å². The third kappa shape index (κ3) is 8.25. The Labute approximate surface area is 157 Å². The lowest BCUT2D eigenvalue weighted by Gasteiger charge is -2.13. The van der Waals surface area contributed by atoms with E-state index in [1.807, 2.05) is 6.92 Å². The fraction of sp³-hybridized carbons (Fsp3) is 0.556. The fourth-order valence-corrected chi connectivity index (χ4v) is 2.08. The number of rotatable bonds is 15. The summed E-state index contributed by atoms with van der Waals surface area (Å²) in [5.41, 5.74) is -0.512. The third-order valence-electron chi connectivity index (χ3n) is 3.34. The molecule has 0 aromatic heterocycles. The molecule has 1 aromatic carbocycles. The van der Waals surface area contributed by atoms with Crippen molar-refractivity contribution >= 4 is 11.9 Å². The standard InChI is InChI=1S/C18H26O9/c1-3-4-24-5-6-25-7-8-26-9-10-27-16-12-15(23-2)13(17(19)20)11-14(16)18(21)22/h11-12H,3-10H2,1-2H3,(H,19,20)(H,21,22). The summed E-state index contributed by atoms with van der Waals surface area (Å²) in [7, 11) is 1.29. The zero-order chi connectivity index (χ0) is 20.1. The van der Waals surface area contributed by atoms with E-state index in [1.165, 1.54) is 13.2 Å². The predicted molar refractivity (Wildman–Crippen MR) is 95.2 cm³/mol. The van der Waals surface area contributed by atoms with Crippen molar-refractivity contribution in [2.24, 2.45) is 0 Å². The minimum absolute atomic E-state index is 0.0114. The van der Waals surface area contributed by atoms with Gasteiger partial charge in [-0.1, -0.05) is 6.92 Å². The molecule has 27 heavy (non-hydrogen) atoms. The van der Waals surface area contributed by atoms with Crippen LogP contribution in [0.5, 0.6) is 11.5 Å². The van der Waals surface area contributed by atoms with Crippen LogP contribution in [0.2, 0.25) is 0 Å². The van der Waals surface area contributed by atoms with E-state index in [4.69, 9.17) is 28.8 Å². The van der Waals surface area contributed by atoms with Crippen LogP contribution in [0, 0.1) is 0 Å². The van der Waals surface area contributed by atoms with Gasteiger partial charge in [-0.15, -0.1) is 0 Å². The van der Waals surface area contributed by atoms with Gasteiger partial charge in [0.2, 0.25) is 0 Å². The Morgan fingerprint density at radius 1 is 0.778 bits per heavy atom. The predicted octanol–water partition coefficient (Wildman–Crippen LogP) is 1.93. The van der Waals surface area contributed by atoms with E-state index in [0.29, 0.717) is 33.0 Å². The SMILES string of the molecule is CCCOCCOCCOCCOc1cc(OC)c(C(=O)O)cc1C(=O)O. The van der Waals surface area contributed by atoms with Gasteiger partial charge >= 0.3 is 11.9 Å². The second-order valence-electron chi connectivity index (χ2n) is 5.34. The number of carboxylic acid groups (broad SMARTS) is 2. The highest BCUT2D eigenvalue weighted by atomic mass is 16.6. The highest BCUT2D eigenvalue weighted by molar-refractivity contribution is 5.98. The molecule has 152 valence electrons. The lowest BCUT2D eigenvalue weighted by molar-refractivity contribution is 0.00935. The average Bonchev–Trinajstić information content (AvgIpc) is 2.65. The summed E-state index contributed by atoms with van der Waals surface area (Å²) >= 11 is 0. The van der Waals surface area contributed by atoms with Crippen LogP contribution in [0.4, 0.5) is 0 Å². The number of carboxylic acids is 2. The van der Waals surface area contributed by atoms with Crippen LogP contribution >= 0.6 is 0 Å². The van der Waals surface area contributed by atoms with Crippen molar-refractivity contribution in [3.05, 3.63) is 23.3 Å². The Kier molecular flexibility index (Phi) is 10.8. The van der Waals surface area contributed by atoms with E-state index >= 15 is 0 Å². The van der Waals surface area contributed by atoms with E-state index in [0.717, 1.165) is 12.5 Å². The molecule has 2 N–H and O–H groups in total. The highest BCUT2D eigenvalue weighted by Crippen LogP contribution is 2.29. The molecule has 0 spiro atoms. The average molecular weight is 386 g/mol. The molecule has 0 bridgehead atoms. The summed E-state index contributed by atoms with van der Waals surface area (Å²) in [6.45, 7) is 4.88. The van der Waals surface area contributed by atoms with Crippen molar-refractivity contribution in [3.63, 3.8) is 0 Å². The number of hydrogen-bond acceptors (Lipinski definition) is 7. The van der Waals surface area contributed by atoms with Gasteiger partial charge in [-0.2, -0.15) is 0 Å². The van der Waals surface area contributed by atoms with E-state index in [1.54, 1.807) is 0 Å². The summed E-state index contributed by atoms with van der Waals surface area (Å²) < 4.78 is 26.3. The summed E-state index contributed by atoms with van der Waals surface area (Å²) in [6.07, 6.45) is 0.970. The lowest BCUT2D eigenvalue weighted by atomic mass is 10.1. The molecule has 0 amide bonds. The van der Waals surface area contributed by atoms with Gasteiger partial charge in [0.05, 0.1) is 40.1 Å². The molecule has 0 saturated heterocycles. The zero-order valence-electron chi connectivity index (χ0n) is 15.6. The first-order valence-corrected chi connectivity index (χ1v) is 8.55. The number of hydrogen-bond donors (Lipinski definition) is 2. The molecule has 0 radical (unpaired) electrons. The van der Waals surface area contributed by atoms with Gasteiger partial charge in [-0.05, 0) is 12.5 Å². The van der Waals surface area contributed by atoms with Crippen molar-refractivity contribution < 1.29 is 43.5 Å². The first-order valence-electron chi connectivity index (χ1n) is 8.55. The molecular weight excluding hydrogens is 360 g/mol. The topological polar surface area (TPSA) is 121 Å². The number of ether oxygens (including phenoxy) is 5. The molecule has 0 aliphatic rings. The molecule has 0 atom stereocenters.